The predicted octanol–water partition coefficient (Wildman–Crippen LogP) is -1.58. The van der Waals surface area contributed by atoms with Crippen LogP contribution in [0.5, 0.6) is 0 Å². The lowest BCUT2D eigenvalue weighted by atomic mass is 10.0. The van der Waals surface area contributed by atoms with E-state index in [1.165, 1.54) is 24.9 Å². The van der Waals surface area contributed by atoms with Gasteiger partial charge in [-0.1, -0.05) is 9.67 Å². The number of nitrogens with zero attached hydrogens (tertiary/aromatic N) is 6. The minimum Gasteiger partial charge on any atom is -0.543 e. The number of pyridine rings is 1. The summed E-state index contributed by atoms with van der Waals surface area (Å²) in [7, 11) is 1.27. The summed E-state index contributed by atoms with van der Waals surface area (Å²) in [4.78, 5) is 47.6. The first-order chi connectivity index (χ1) is 17.3. The van der Waals surface area contributed by atoms with Crippen molar-refractivity contribution in [3.05, 3.63) is 53.1 Å². The first-order valence-electron chi connectivity index (χ1n) is 10.7. The van der Waals surface area contributed by atoms with Gasteiger partial charge in [-0.15, -0.1) is 23.1 Å². The van der Waals surface area contributed by atoms with Crippen LogP contribution in [-0.2, 0) is 25.8 Å². The van der Waals surface area contributed by atoms with Gasteiger partial charge in [0, 0.05) is 16.5 Å². The highest BCUT2D eigenvalue weighted by Crippen LogP contribution is 2.41. The first-order valence-corrected chi connectivity index (χ1v) is 12.5. The number of carboxylic acids is 1. The SMILES string of the molecule is CO/N=C(\C(=O)N[C@@H]1C(=O)N2C(C(=O)[O-])=CC(C[n+]3cnn4cc(C)ccc43)S[C@@H]12)c1csc(N)n1. The summed E-state index contributed by atoms with van der Waals surface area (Å²) in [6, 6.07) is 2.89. The number of anilines is 1. The number of fused-ring (bicyclic) bond motifs is 2. The molecule has 0 radical (unpaired) electrons. The number of β-lactam (4-membered cyclic amide) rings is 1. The number of aryl methyl sites for hydroxylation is 1. The molecule has 13 nitrogen and oxygen atoms in total. The molecule has 3 N–H and O–H groups in total. The smallest absolute Gasteiger partial charge is 0.276 e. The molecule has 3 atom stereocenters. The molecule has 2 aliphatic rings. The topological polar surface area (TPSA) is 171 Å². The van der Waals surface area contributed by atoms with Crippen molar-refractivity contribution in [2.75, 3.05) is 12.8 Å². The standard InChI is InChI=1S/C21H20N8O5S2/c1-10-3-4-14-27(9-23-28(14)6-10)7-11-5-13(20(32)33)29-18(31)16(19(29)36-11)25-17(30)15(26-34-2)12-8-35-21(22)24-12/h3-6,8-9,11,16,19H,7H2,1-2H3,(H3-,22,24,25,30,32,33)/b26-15-/t11?,16-,19+/m1/s1. The van der Waals surface area contributed by atoms with Gasteiger partial charge in [-0.2, -0.15) is 0 Å². The van der Waals surface area contributed by atoms with Gasteiger partial charge in [0.2, 0.25) is 0 Å². The maximum atomic E-state index is 13.0. The number of thiazole rings is 1. The Hall–Kier alpha value is -3.98. The molecule has 36 heavy (non-hydrogen) atoms. The predicted molar refractivity (Wildman–Crippen MR) is 127 cm³/mol. The van der Waals surface area contributed by atoms with Crippen LogP contribution >= 0.6 is 23.1 Å². The number of oxime groups is 1. The van der Waals surface area contributed by atoms with Gasteiger partial charge >= 0.3 is 0 Å². The molecule has 0 spiro atoms. The monoisotopic (exact) mass is 528 g/mol. The van der Waals surface area contributed by atoms with Crippen molar-refractivity contribution >= 4 is 57.4 Å². The number of carbonyl (C=O) groups excluding carboxylic acids is 3. The number of hydrogen-bond acceptors (Lipinski definition) is 11. The number of nitrogens with one attached hydrogen (secondary N) is 1. The molecule has 15 heteroatoms. The van der Waals surface area contributed by atoms with Gasteiger partial charge in [0.15, 0.2) is 10.8 Å². The number of rotatable bonds is 7. The summed E-state index contributed by atoms with van der Waals surface area (Å²) >= 11 is 2.47. The first kappa shape index (κ1) is 23.7. The summed E-state index contributed by atoms with van der Waals surface area (Å²) in [5.74, 6) is -2.74. The number of hydrogen-bond donors (Lipinski definition) is 2. The van der Waals surface area contributed by atoms with Gasteiger partial charge < -0.3 is 25.8 Å². The van der Waals surface area contributed by atoms with Gasteiger partial charge in [-0.25, -0.2) is 9.55 Å². The average molecular weight is 529 g/mol. The average Bonchev–Trinajstić information content (AvgIpc) is 3.45. The molecule has 3 aromatic heterocycles. The number of nitrogens with two attached hydrogens (primary N) is 1. The molecule has 1 unspecified atom stereocenters. The fraction of sp³-hybridized carbons (Fsp3) is 0.286. The van der Waals surface area contributed by atoms with E-state index in [1.807, 2.05) is 29.8 Å². The second kappa shape index (κ2) is 9.23. The molecule has 0 aliphatic carbocycles. The van der Waals surface area contributed by atoms with Crippen LogP contribution < -0.4 is 20.7 Å². The van der Waals surface area contributed by atoms with E-state index in [9.17, 15) is 19.5 Å². The lowest BCUT2D eigenvalue weighted by Gasteiger charge is -2.50. The van der Waals surface area contributed by atoms with Crippen molar-refractivity contribution in [1.29, 1.82) is 0 Å². The molecule has 0 aromatic carbocycles. The van der Waals surface area contributed by atoms with Crippen LogP contribution in [0.2, 0.25) is 0 Å². The zero-order valence-electron chi connectivity index (χ0n) is 19.0. The summed E-state index contributed by atoms with van der Waals surface area (Å²) in [6.07, 6.45) is 5.04. The van der Waals surface area contributed by atoms with E-state index < -0.39 is 29.2 Å². The van der Waals surface area contributed by atoms with Crippen molar-refractivity contribution in [2.24, 2.45) is 5.16 Å². The second-order valence-corrected chi connectivity index (χ2v) is 10.3. The minimum absolute atomic E-state index is 0.151. The number of carbonyl (C=O) groups is 3. The highest BCUT2D eigenvalue weighted by Gasteiger charge is 2.53. The van der Waals surface area contributed by atoms with Crippen LogP contribution in [0.15, 0.2) is 47.0 Å². The third-order valence-corrected chi connectivity index (χ3v) is 7.73. The van der Waals surface area contributed by atoms with Gasteiger partial charge in [-0.3, -0.25) is 14.5 Å². The maximum Gasteiger partial charge on any atom is 0.276 e. The lowest BCUT2D eigenvalue weighted by molar-refractivity contribution is -0.670. The Kier molecular flexibility index (Phi) is 6.09. The van der Waals surface area contributed by atoms with Gasteiger partial charge in [0.05, 0.1) is 23.5 Å². The summed E-state index contributed by atoms with van der Waals surface area (Å²) in [5.41, 5.74) is 7.34. The quantitative estimate of drug-likeness (QED) is 0.159. The van der Waals surface area contributed by atoms with Crippen LogP contribution in [0.4, 0.5) is 5.13 Å². The van der Waals surface area contributed by atoms with E-state index in [0.29, 0.717) is 6.54 Å². The fourth-order valence-corrected chi connectivity index (χ4v) is 6.09. The normalized spacial score (nSPS) is 21.6. The number of aromatic nitrogens is 4. The molecule has 0 saturated carbocycles. The zero-order chi connectivity index (χ0) is 25.6. The number of amides is 2. The largest absolute Gasteiger partial charge is 0.543 e. The number of carboxylic acid groups (broad SMARTS) is 1. The van der Waals surface area contributed by atoms with Crippen molar-refractivity contribution in [3.63, 3.8) is 0 Å². The number of aliphatic carboxylic acids is 1. The van der Waals surface area contributed by atoms with Crippen molar-refractivity contribution < 1.29 is 28.9 Å². The molecule has 5 rings (SSSR count). The Labute approximate surface area is 212 Å². The molecular formula is C21H20N8O5S2. The highest BCUT2D eigenvalue weighted by atomic mass is 32.2. The third kappa shape index (κ3) is 4.15. The third-order valence-electron chi connectivity index (χ3n) is 5.66. The van der Waals surface area contributed by atoms with E-state index in [2.05, 4.69) is 20.6 Å². The van der Waals surface area contributed by atoms with Crippen molar-refractivity contribution in [1.82, 2.24) is 24.8 Å². The van der Waals surface area contributed by atoms with Gasteiger partial charge in [0.25, 0.3) is 23.8 Å². The minimum atomic E-state index is -1.47. The summed E-state index contributed by atoms with van der Waals surface area (Å²) in [6.45, 7) is 2.35. The molecule has 186 valence electrons. The van der Waals surface area contributed by atoms with Gasteiger partial charge in [-0.05, 0) is 24.6 Å². The molecule has 2 aliphatic heterocycles. The van der Waals surface area contributed by atoms with Crippen LogP contribution in [0.25, 0.3) is 5.65 Å². The maximum absolute atomic E-state index is 13.0. The molecule has 3 aromatic rings. The van der Waals surface area contributed by atoms with E-state index >= 15 is 0 Å². The number of thioether (sulfide) groups is 1. The zero-order valence-corrected chi connectivity index (χ0v) is 20.7. The van der Waals surface area contributed by atoms with Crippen LogP contribution in [-0.4, -0.2) is 66.8 Å². The van der Waals surface area contributed by atoms with Crippen LogP contribution in [0.1, 0.15) is 11.3 Å². The summed E-state index contributed by atoms with van der Waals surface area (Å²) in [5, 5.41) is 23.3. The molecule has 0 bridgehead atoms. The Morgan fingerprint density at radius 2 is 2.19 bits per heavy atom. The molecule has 1 saturated heterocycles. The Balaban J connectivity index is 1.37. The Morgan fingerprint density at radius 3 is 2.89 bits per heavy atom. The number of nitrogen functional groups attached to an aromatic ring is 1. The van der Waals surface area contributed by atoms with Crippen molar-refractivity contribution in [3.8, 4) is 0 Å². The summed E-state index contributed by atoms with van der Waals surface area (Å²) < 4.78 is 3.62. The van der Waals surface area contributed by atoms with E-state index in [0.717, 1.165) is 27.4 Å². The van der Waals surface area contributed by atoms with Crippen LogP contribution in [0.3, 0.4) is 0 Å². The molecule has 1 fully saturated rings. The van der Waals surface area contributed by atoms with E-state index in [4.69, 9.17) is 10.6 Å². The Bertz CT molecular complexity index is 1450. The second-order valence-electron chi connectivity index (χ2n) is 8.05. The Morgan fingerprint density at radius 1 is 1.39 bits per heavy atom. The fourth-order valence-electron chi connectivity index (χ4n) is 4.05. The molecular weight excluding hydrogens is 508 g/mol. The lowest BCUT2D eigenvalue weighted by Crippen LogP contribution is -2.72. The highest BCUT2D eigenvalue weighted by molar-refractivity contribution is 8.00. The van der Waals surface area contributed by atoms with E-state index in [-0.39, 0.29) is 27.5 Å². The van der Waals surface area contributed by atoms with E-state index in [1.54, 1.807) is 16.2 Å². The molecule has 5 heterocycles. The van der Waals surface area contributed by atoms with Gasteiger partial charge in [0.1, 0.15) is 30.4 Å². The molecule has 2 amide bonds. The van der Waals surface area contributed by atoms with Crippen LogP contribution in [0, 0.1) is 6.92 Å². The van der Waals surface area contributed by atoms with Crippen molar-refractivity contribution in [2.45, 2.75) is 30.1 Å².